The fourth-order valence-corrected chi connectivity index (χ4v) is 2.42. The predicted octanol–water partition coefficient (Wildman–Crippen LogP) is 2.59. The molecule has 0 aliphatic carbocycles. The third kappa shape index (κ3) is 10.3. The maximum Gasteiger partial charge on any atom is 0.0558 e. The Bertz CT molecular complexity index is 329. The summed E-state index contributed by atoms with van der Waals surface area (Å²) in [6.45, 7) is 13.8. The van der Waals surface area contributed by atoms with Gasteiger partial charge in [0.05, 0.1) is 11.4 Å². The predicted molar refractivity (Wildman–Crippen MR) is 87.8 cm³/mol. The summed E-state index contributed by atoms with van der Waals surface area (Å²) in [6, 6.07) is 0. The zero-order valence-electron chi connectivity index (χ0n) is 14.3. The molecule has 0 saturated carbocycles. The lowest BCUT2D eigenvalue weighted by molar-refractivity contribution is 0.310. The SMILES string of the molecule is CC(CC(C)(C)NCCCNC(C)(C)CC(C)=NO)=NO. The molecule has 124 valence electrons. The van der Waals surface area contributed by atoms with Gasteiger partial charge in [-0.1, -0.05) is 10.3 Å². The average molecular weight is 300 g/mol. The van der Waals surface area contributed by atoms with Gasteiger partial charge in [-0.3, -0.25) is 0 Å². The summed E-state index contributed by atoms with van der Waals surface area (Å²) >= 11 is 0. The van der Waals surface area contributed by atoms with Crippen LogP contribution in [0.15, 0.2) is 10.3 Å². The number of nitrogens with zero attached hydrogens (tertiary/aromatic N) is 2. The van der Waals surface area contributed by atoms with E-state index in [2.05, 4.69) is 48.6 Å². The van der Waals surface area contributed by atoms with Crippen LogP contribution in [0.3, 0.4) is 0 Å². The highest BCUT2D eigenvalue weighted by Gasteiger charge is 2.19. The number of oxime groups is 2. The lowest BCUT2D eigenvalue weighted by atomic mass is 9.97. The van der Waals surface area contributed by atoms with E-state index in [0.717, 1.165) is 30.9 Å². The van der Waals surface area contributed by atoms with Crippen LogP contribution in [-0.2, 0) is 0 Å². The largest absolute Gasteiger partial charge is 0.411 e. The van der Waals surface area contributed by atoms with E-state index in [1.165, 1.54) is 0 Å². The first-order valence-electron chi connectivity index (χ1n) is 7.47. The summed E-state index contributed by atoms with van der Waals surface area (Å²) in [5, 5.41) is 30.8. The van der Waals surface area contributed by atoms with E-state index < -0.39 is 0 Å². The Morgan fingerprint density at radius 2 is 1.14 bits per heavy atom. The van der Waals surface area contributed by atoms with Crippen molar-refractivity contribution in [3.63, 3.8) is 0 Å². The highest BCUT2D eigenvalue weighted by molar-refractivity contribution is 5.82. The normalized spacial score (nSPS) is 14.6. The van der Waals surface area contributed by atoms with Crippen LogP contribution in [0, 0.1) is 0 Å². The molecule has 0 aliphatic heterocycles. The number of rotatable bonds is 10. The Kier molecular flexibility index (Phi) is 8.51. The molecular formula is C15H32N4O2. The van der Waals surface area contributed by atoms with Gasteiger partial charge in [0.15, 0.2) is 0 Å². The van der Waals surface area contributed by atoms with Crippen molar-refractivity contribution in [3.8, 4) is 0 Å². The van der Waals surface area contributed by atoms with Crippen molar-refractivity contribution in [2.24, 2.45) is 10.3 Å². The zero-order valence-corrected chi connectivity index (χ0v) is 14.3. The molecule has 0 fully saturated rings. The van der Waals surface area contributed by atoms with Gasteiger partial charge in [-0.05, 0) is 61.1 Å². The van der Waals surface area contributed by atoms with Gasteiger partial charge in [0, 0.05) is 23.9 Å². The Hall–Kier alpha value is -1.14. The molecule has 0 bridgehead atoms. The number of hydrogen-bond acceptors (Lipinski definition) is 6. The third-order valence-electron chi connectivity index (χ3n) is 3.30. The summed E-state index contributed by atoms with van der Waals surface area (Å²) in [5.74, 6) is 0. The molecule has 0 amide bonds. The van der Waals surface area contributed by atoms with Gasteiger partial charge >= 0.3 is 0 Å². The molecule has 0 atom stereocenters. The second kappa shape index (κ2) is 9.00. The molecule has 0 radical (unpaired) electrons. The molecule has 21 heavy (non-hydrogen) atoms. The lowest BCUT2D eigenvalue weighted by Gasteiger charge is -2.28. The van der Waals surface area contributed by atoms with E-state index in [-0.39, 0.29) is 11.1 Å². The Morgan fingerprint density at radius 1 is 0.810 bits per heavy atom. The van der Waals surface area contributed by atoms with Crippen molar-refractivity contribution < 1.29 is 10.4 Å². The molecule has 0 saturated heterocycles. The van der Waals surface area contributed by atoms with Crippen LogP contribution in [-0.4, -0.2) is 46.0 Å². The molecule has 0 heterocycles. The minimum absolute atomic E-state index is 0.0774. The highest BCUT2D eigenvalue weighted by Crippen LogP contribution is 2.11. The van der Waals surface area contributed by atoms with Crippen molar-refractivity contribution >= 4 is 11.4 Å². The molecule has 0 rings (SSSR count). The lowest BCUT2D eigenvalue weighted by Crippen LogP contribution is -2.44. The molecule has 0 unspecified atom stereocenters. The second-order valence-corrected chi connectivity index (χ2v) is 7.00. The summed E-state index contributed by atoms with van der Waals surface area (Å²) in [4.78, 5) is 0. The van der Waals surface area contributed by atoms with Gasteiger partial charge in [0.1, 0.15) is 0 Å². The van der Waals surface area contributed by atoms with Crippen LogP contribution in [0.5, 0.6) is 0 Å². The van der Waals surface area contributed by atoms with Gasteiger partial charge in [0.2, 0.25) is 0 Å². The average Bonchev–Trinajstić information content (AvgIpc) is 2.36. The third-order valence-corrected chi connectivity index (χ3v) is 3.30. The molecule has 0 aromatic heterocycles. The molecule has 0 aromatic rings. The van der Waals surface area contributed by atoms with E-state index in [4.69, 9.17) is 10.4 Å². The summed E-state index contributed by atoms with van der Waals surface area (Å²) in [7, 11) is 0. The molecule has 0 spiro atoms. The van der Waals surface area contributed by atoms with Crippen LogP contribution in [0.2, 0.25) is 0 Å². The molecule has 6 heteroatoms. The quantitative estimate of drug-likeness (QED) is 0.216. The van der Waals surface area contributed by atoms with Gasteiger partial charge < -0.3 is 21.0 Å². The van der Waals surface area contributed by atoms with Gasteiger partial charge in [-0.15, -0.1) is 0 Å². The topological polar surface area (TPSA) is 89.2 Å². The monoisotopic (exact) mass is 300 g/mol. The second-order valence-electron chi connectivity index (χ2n) is 7.00. The molecular weight excluding hydrogens is 268 g/mol. The van der Waals surface area contributed by atoms with Gasteiger partial charge in [-0.25, -0.2) is 0 Å². The summed E-state index contributed by atoms with van der Waals surface area (Å²) < 4.78 is 0. The van der Waals surface area contributed by atoms with E-state index in [9.17, 15) is 0 Å². The van der Waals surface area contributed by atoms with Gasteiger partial charge in [0.25, 0.3) is 0 Å². The number of hydrogen-bond donors (Lipinski definition) is 4. The van der Waals surface area contributed by atoms with Crippen LogP contribution in [0.25, 0.3) is 0 Å². The Morgan fingerprint density at radius 3 is 1.43 bits per heavy atom. The highest BCUT2D eigenvalue weighted by atomic mass is 16.4. The summed E-state index contributed by atoms with van der Waals surface area (Å²) in [5.41, 5.74) is 1.30. The Balaban J connectivity index is 3.95. The van der Waals surface area contributed by atoms with E-state index >= 15 is 0 Å². The van der Waals surface area contributed by atoms with Crippen LogP contribution < -0.4 is 10.6 Å². The van der Waals surface area contributed by atoms with Gasteiger partial charge in [-0.2, -0.15) is 0 Å². The smallest absolute Gasteiger partial charge is 0.0558 e. The van der Waals surface area contributed by atoms with Crippen LogP contribution in [0.1, 0.15) is 60.8 Å². The first kappa shape index (κ1) is 19.9. The first-order chi connectivity index (χ1) is 9.62. The fraction of sp³-hybridized carbons (Fsp3) is 0.867. The van der Waals surface area contributed by atoms with E-state index in [0.29, 0.717) is 12.8 Å². The maximum atomic E-state index is 8.71. The van der Waals surface area contributed by atoms with Crippen molar-refractivity contribution in [2.75, 3.05) is 13.1 Å². The maximum absolute atomic E-state index is 8.71. The van der Waals surface area contributed by atoms with E-state index in [1.807, 2.05) is 13.8 Å². The molecule has 0 aromatic carbocycles. The minimum atomic E-state index is -0.0774. The van der Waals surface area contributed by atoms with Crippen molar-refractivity contribution in [3.05, 3.63) is 0 Å². The first-order valence-corrected chi connectivity index (χ1v) is 7.47. The minimum Gasteiger partial charge on any atom is -0.411 e. The standard InChI is InChI=1S/C15H32N4O2/c1-12(18-20)10-14(3,4)16-8-7-9-17-15(5,6)11-13(2)19-21/h16-17,20-21H,7-11H2,1-6H3. The fourth-order valence-electron chi connectivity index (χ4n) is 2.42. The molecule has 4 N–H and O–H groups in total. The van der Waals surface area contributed by atoms with Crippen LogP contribution >= 0.6 is 0 Å². The summed E-state index contributed by atoms with van der Waals surface area (Å²) in [6.07, 6.45) is 2.43. The number of nitrogens with one attached hydrogen (secondary N) is 2. The van der Waals surface area contributed by atoms with E-state index in [1.54, 1.807) is 0 Å². The molecule has 6 nitrogen and oxygen atoms in total. The molecule has 0 aliphatic rings. The van der Waals surface area contributed by atoms with Crippen molar-refractivity contribution in [1.82, 2.24) is 10.6 Å². The van der Waals surface area contributed by atoms with Crippen molar-refractivity contribution in [2.45, 2.75) is 71.9 Å². The van der Waals surface area contributed by atoms with Crippen LogP contribution in [0.4, 0.5) is 0 Å². The zero-order chi connectivity index (χ0) is 16.5. The van der Waals surface area contributed by atoms with Crippen molar-refractivity contribution in [1.29, 1.82) is 0 Å². The Labute approximate surface area is 128 Å².